The fourth-order valence-electron chi connectivity index (χ4n) is 2.30. The molecular formula is C19H22N4O2S. The molecule has 26 heavy (non-hydrogen) atoms. The smallest absolute Gasteiger partial charge is 0.252 e. The molecule has 7 heteroatoms. The highest BCUT2D eigenvalue weighted by atomic mass is 32.1. The first-order valence-electron chi connectivity index (χ1n) is 8.16. The number of rotatable bonds is 7. The van der Waals surface area contributed by atoms with Gasteiger partial charge in [-0.2, -0.15) is 0 Å². The first-order chi connectivity index (χ1) is 12.5. The minimum Gasteiger partial charge on any atom is -0.279 e. The molecule has 2 amide bonds. The number of hydrogen-bond donors (Lipinski definition) is 2. The van der Waals surface area contributed by atoms with Crippen molar-refractivity contribution >= 4 is 23.2 Å². The molecule has 1 heterocycles. The van der Waals surface area contributed by atoms with E-state index in [1.165, 1.54) is 16.9 Å². The lowest BCUT2D eigenvalue weighted by atomic mass is 10.1. The summed E-state index contributed by atoms with van der Waals surface area (Å²) in [5.41, 5.74) is 7.95. The van der Waals surface area contributed by atoms with Gasteiger partial charge < -0.3 is 0 Å². The van der Waals surface area contributed by atoms with Crippen molar-refractivity contribution < 1.29 is 9.59 Å². The number of aromatic nitrogens is 1. The van der Waals surface area contributed by atoms with Crippen LogP contribution in [-0.4, -0.2) is 34.8 Å². The third-order valence-electron chi connectivity index (χ3n) is 3.53. The zero-order valence-electron chi connectivity index (χ0n) is 14.9. The topological polar surface area (TPSA) is 74.3 Å². The summed E-state index contributed by atoms with van der Waals surface area (Å²) in [4.78, 5) is 30.0. The molecule has 0 saturated heterocycles. The molecule has 0 radical (unpaired) electrons. The van der Waals surface area contributed by atoms with Crippen molar-refractivity contribution in [1.82, 2.24) is 20.7 Å². The Morgan fingerprint density at radius 2 is 1.88 bits per heavy atom. The van der Waals surface area contributed by atoms with Gasteiger partial charge in [0.05, 0.1) is 19.5 Å². The summed E-state index contributed by atoms with van der Waals surface area (Å²) in [5, 5.41) is 2.59. The quantitative estimate of drug-likeness (QED) is 0.573. The summed E-state index contributed by atoms with van der Waals surface area (Å²) >= 11 is 1.42. The van der Waals surface area contributed by atoms with Gasteiger partial charge in [0.1, 0.15) is 5.01 Å². The molecule has 0 bridgehead atoms. The molecule has 0 unspecified atom stereocenters. The molecule has 6 nitrogen and oxygen atoms in total. The lowest BCUT2D eigenvalue weighted by Crippen LogP contribution is -2.46. The van der Waals surface area contributed by atoms with Crippen molar-refractivity contribution in [2.45, 2.75) is 26.8 Å². The van der Waals surface area contributed by atoms with Crippen molar-refractivity contribution in [2.75, 3.05) is 13.1 Å². The number of thiazole rings is 1. The molecule has 136 valence electrons. The number of hydrazine groups is 1. The van der Waals surface area contributed by atoms with Crippen LogP contribution in [0.25, 0.3) is 0 Å². The van der Waals surface area contributed by atoms with E-state index in [-0.39, 0.29) is 24.8 Å². The van der Waals surface area contributed by atoms with Gasteiger partial charge in [-0.25, -0.2) is 4.98 Å². The zero-order valence-corrected chi connectivity index (χ0v) is 15.7. The fourth-order valence-corrected chi connectivity index (χ4v) is 3.07. The van der Waals surface area contributed by atoms with E-state index in [1.807, 2.05) is 48.4 Å². The molecule has 2 N–H and O–H groups in total. The van der Waals surface area contributed by atoms with Gasteiger partial charge in [-0.3, -0.25) is 25.3 Å². The molecule has 0 saturated carbocycles. The van der Waals surface area contributed by atoms with Crippen LogP contribution in [0.5, 0.6) is 0 Å². The average Bonchev–Trinajstić information content (AvgIpc) is 3.00. The van der Waals surface area contributed by atoms with Crippen molar-refractivity contribution in [1.29, 1.82) is 0 Å². The SMILES string of the molecule is C#CCN(CC(=O)NNC(=O)Cc1nc(C)cs1)Cc1ccc(C)cc1. The Morgan fingerprint density at radius 1 is 1.19 bits per heavy atom. The minimum atomic E-state index is -0.323. The highest BCUT2D eigenvalue weighted by Gasteiger charge is 2.12. The Hall–Kier alpha value is -2.69. The zero-order chi connectivity index (χ0) is 18.9. The van der Waals surface area contributed by atoms with E-state index in [1.54, 1.807) is 0 Å². The Labute approximate surface area is 157 Å². The van der Waals surface area contributed by atoms with Crippen molar-refractivity contribution in [2.24, 2.45) is 0 Å². The van der Waals surface area contributed by atoms with Gasteiger partial charge in [0.2, 0.25) is 5.91 Å². The average molecular weight is 370 g/mol. The van der Waals surface area contributed by atoms with Crippen molar-refractivity contribution in [3.8, 4) is 12.3 Å². The van der Waals surface area contributed by atoms with Crippen LogP contribution >= 0.6 is 11.3 Å². The molecule has 1 aromatic heterocycles. The molecule has 0 fully saturated rings. The summed E-state index contributed by atoms with van der Waals surface area (Å²) in [6.45, 7) is 4.88. The fraction of sp³-hybridized carbons (Fsp3) is 0.316. The Morgan fingerprint density at radius 3 is 2.50 bits per heavy atom. The van der Waals surface area contributed by atoms with Gasteiger partial charge in [-0.05, 0) is 19.4 Å². The number of nitrogens with one attached hydrogen (secondary N) is 2. The van der Waals surface area contributed by atoms with E-state index in [0.717, 1.165) is 11.3 Å². The summed E-state index contributed by atoms with van der Waals surface area (Å²) in [7, 11) is 0. The van der Waals surface area contributed by atoms with Crippen molar-refractivity contribution in [3.05, 3.63) is 51.5 Å². The second-order valence-corrected chi connectivity index (χ2v) is 6.93. The van der Waals surface area contributed by atoms with E-state index >= 15 is 0 Å². The van der Waals surface area contributed by atoms with Gasteiger partial charge in [-0.15, -0.1) is 17.8 Å². The number of carbonyl (C=O) groups excluding carboxylic acids is 2. The van der Waals surface area contributed by atoms with Crippen LogP contribution in [0.3, 0.4) is 0 Å². The standard InChI is InChI=1S/C19H22N4O2S/c1-4-9-23(11-16-7-5-14(2)6-8-16)12-18(25)22-21-17(24)10-19-20-15(3)13-26-19/h1,5-8,13H,9-12H2,2-3H3,(H,21,24)(H,22,25). The van der Waals surface area contributed by atoms with E-state index < -0.39 is 0 Å². The predicted molar refractivity (Wildman–Crippen MR) is 102 cm³/mol. The van der Waals surface area contributed by atoms with Gasteiger partial charge >= 0.3 is 0 Å². The monoisotopic (exact) mass is 370 g/mol. The van der Waals surface area contributed by atoms with E-state index in [2.05, 4.69) is 21.8 Å². The van der Waals surface area contributed by atoms with Crippen LogP contribution in [0.4, 0.5) is 0 Å². The minimum absolute atomic E-state index is 0.0920. The highest BCUT2D eigenvalue weighted by Crippen LogP contribution is 2.09. The third-order valence-corrected chi connectivity index (χ3v) is 4.50. The summed E-state index contributed by atoms with van der Waals surface area (Å²) in [6.07, 6.45) is 5.53. The van der Waals surface area contributed by atoms with E-state index in [0.29, 0.717) is 18.1 Å². The molecule has 0 aliphatic rings. The summed E-state index contributed by atoms with van der Waals surface area (Å²) < 4.78 is 0. The molecule has 2 rings (SSSR count). The normalized spacial score (nSPS) is 10.4. The van der Waals surface area contributed by atoms with Gasteiger partial charge in [0.15, 0.2) is 0 Å². The van der Waals surface area contributed by atoms with Gasteiger partial charge in [0.25, 0.3) is 5.91 Å². The van der Waals surface area contributed by atoms with Gasteiger partial charge in [0, 0.05) is 17.6 Å². The van der Waals surface area contributed by atoms with Crippen LogP contribution < -0.4 is 10.9 Å². The second-order valence-electron chi connectivity index (χ2n) is 5.99. The van der Waals surface area contributed by atoms with Crippen LogP contribution in [0.2, 0.25) is 0 Å². The first kappa shape index (κ1) is 19.6. The maximum atomic E-state index is 12.1. The number of hydrogen-bond acceptors (Lipinski definition) is 5. The van der Waals surface area contributed by atoms with E-state index in [4.69, 9.17) is 6.42 Å². The number of nitrogens with zero attached hydrogens (tertiary/aromatic N) is 2. The molecule has 2 aromatic rings. The molecule has 0 aliphatic heterocycles. The summed E-state index contributed by atoms with van der Waals surface area (Å²) in [5.74, 6) is 1.92. The third kappa shape index (κ3) is 6.67. The highest BCUT2D eigenvalue weighted by molar-refractivity contribution is 7.09. The predicted octanol–water partition coefficient (Wildman–Crippen LogP) is 1.59. The lowest BCUT2D eigenvalue weighted by Gasteiger charge is -2.19. The Kier molecular flexibility index (Phi) is 7.33. The molecule has 1 aromatic carbocycles. The molecule has 0 aliphatic carbocycles. The number of aryl methyl sites for hydroxylation is 2. The van der Waals surface area contributed by atoms with Crippen molar-refractivity contribution in [3.63, 3.8) is 0 Å². The second kappa shape index (κ2) is 9.70. The van der Waals surface area contributed by atoms with Gasteiger partial charge in [-0.1, -0.05) is 35.7 Å². The molecule has 0 spiro atoms. The number of carbonyl (C=O) groups is 2. The van der Waals surface area contributed by atoms with Crippen LogP contribution in [0.1, 0.15) is 21.8 Å². The van der Waals surface area contributed by atoms with E-state index in [9.17, 15) is 9.59 Å². The molecule has 0 atom stereocenters. The number of benzene rings is 1. The largest absolute Gasteiger partial charge is 0.279 e. The Balaban J connectivity index is 1.80. The van der Waals surface area contributed by atoms with Crippen LogP contribution in [0, 0.1) is 26.2 Å². The summed E-state index contributed by atoms with van der Waals surface area (Å²) in [6, 6.07) is 8.05. The lowest BCUT2D eigenvalue weighted by molar-refractivity contribution is -0.129. The number of terminal acetylenes is 1. The maximum absolute atomic E-state index is 12.1. The van der Waals surface area contributed by atoms with Crippen LogP contribution in [0.15, 0.2) is 29.6 Å². The molecular weight excluding hydrogens is 348 g/mol. The Bertz CT molecular complexity index is 793. The van der Waals surface area contributed by atoms with Crippen LogP contribution in [-0.2, 0) is 22.6 Å². The maximum Gasteiger partial charge on any atom is 0.252 e. The first-order valence-corrected chi connectivity index (χ1v) is 9.04. The number of amides is 2.